The van der Waals surface area contributed by atoms with Crippen molar-refractivity contribution < 1.29 is 4.79 Å². The number of halogens is 1. The van der Waals surface area contributed by atoms with Crippen molar-refractivity contribution in [2.24, 2.45) is 0 Å². The van der Waals surface area contributed by atoms with E-state index in [2.05, 4.69) is 47.2 Å². The molecule has 1 aromatic carbocycles. The molecule has 16 heavy (non-hydrogen) atoms. The van der Waals surface area contributed by atoms with Crippen molar-refractivity contribution in [3.63, 3.8) is 0 Å². The molecule has 0 saturated heterocycles. The van der Waals surface area contributed by atoms with E-state index in [-0.39, 0.29) is 5.91 Å². The maximum atomic E-state index is 11.3. The molecule has 0 bridgehead atoms. The standard InChI is InChI=1S/C13H18BrNO/c1-3-10(2)11-4-6-12(7-5-11)15-13(16)8-9-14/h4-7,10H,3,8-9H2,1-2H3,(H,15,16). The SMILES string of the molecule is CCC(C)c1ccc(NC(=O)CCBr)cc1. The van der Waals surface area contributed by atoms with E-state index in [0.29, 0.717) is 17.7 Å². The Morgan fingerprint density at radius 1 is 1.38 bits per heavy atom. The van der Waals surface area contributed by atoms with Crippen LogP contribution in [0, 0.1) is 0 Å². The third-order valence-corrected chi connectivity index (χ3v) is 3.09. The second-order valence-corrected chi connectivity index (χ2v) is 4.71. The van der Waals surface area contributed by atoms with Crippen LogP contribution in [0.2, 0.25) is 0 Å². The molecule has 3 heteroatoms. The lowest BCUT2D eigenvalue weighted by Gasteiger charge is -2.10. The molecule has 0 aliphatic carbocycles. The van der Waals surface area contributed by atoms with Gasteiger partial charge >= 0.3 is 0 Å². The Morgan fingerprint density at radius 3 is 2.50 bits per heavy atom. The third kappa shape index (κ3) is 3.97. The molecule has 0 aliphatic rings. The monoisotopic (exact) mass is 283 g/mol. The Kier molecular flexibility index (Phi) is 5.53. The van der Waals surface area contributed by atoms with Crippen molar-refractivity contribution in [2.45, 2.75) is 32.6 Å². The molecule has 0 spiro atoms. The first-order valence-electron chi connectivity index (χ1n) is 5.63. The summed E-state index contributed by atoms with van der Waals surface area (Å²) in [6.45, 7) is 4.38. The van der Waals surface area contributed by atoms with Crippen LogP contribution in [0.4, 0.5) is 5.69 Å². The molecule has 1 rings (SSSR count). The lowest BCUT2D eigenvalue weighted by atomic mass is 9.99. The summed E-state index contributed by atoms with van der Waals surface area (Å²) in [5, 5.41) is 3.56. The summed E-state index contributed by atoms with van der Waals surface area (Å²) in [6, 6.07) is 8.09. The number of carbonyl (C=O) groups excluding carboxylic acids is 1. The Morgan fingerprint density at radius 2 is 2.00 bits per heavy atom. The Labute approximate surface area is 106 Å². The highest BCUT2D eigenvalue weighted by Gasteiger charge is 2.04. The van der Waals surface area contributed by atoms with Crippen LogP contribution in [-0.4, -0.2) is 11.2 Å². The molecule has 1 aromatic rings. The van der Waals surface area contributed by atoms with Gasteiger partial charge in [0.25, 0.3) is 0 Å². The largest absolute Gasteiger partial charge is 0.326 e. The first-order chi connectivity index (χ1) is 7.67. The minimum absolute atomic E-state index is 0.0492. The van der Waals surface area contributed by atoms with Crippen LogP contribution in [0.3, 0.4) is 0 Å². The Hall–Kier alpha value is -0.830. The number of hydrogen-bond acceptors (Lipinski definition) is 1. The molecular weight excluding hydrogens is 266 g/mol. The number of anilines is 1. The zero-order valence-electron chi connectivity index (χ0n) is 9.79. The van der Waals surface area contributed by atoms with E-state index in [1.165, 1.54) is 5.56 Å². The molecule has 0 heterocycles. The molecule has 2 nitrogen and oxygen atoms in total. The van der Waals surface area contributed by atoms with Crippen LogP contribution in [0.5, 0.6) is 0 Å². The van der Waals surface area contributed by atoms with Gasteiger partial charge in [-0.15, -0.1) is 0 Å². The van der Waals surface area contributed by atoms with Gasteiger partial charge in [0, 0.05) is 17.4 Å². The summed E-state index contributed by atoms with van der Waals surface area (Å²) < 4.78 is 0. The number of nitrogens with one attached hydrogen (secondary N) is 1. The highest BCUT2D eigenvalue weighted by Crippen LogP contribution is 2.20. The molecular formula is C13H18BrNO. The lowest BCUT2D eigenvalue weighted by Crippen LogP contribution is -2.11. The maximum Gasteiger partial charge on any atom is 0.225 e. The van der Waals surface area contributed by atoms with Gasteiger partial charge in [-0.2, -0.15) is 0 Å². The van der Waals surface area contributed by atoms with Crippen LogP contribution in [0.25, 0.3) is 0 Å². The smallest absolute Gasteiger partial charge is 0.225 e. The number of benzene rings is 1. The average molecular weight is 284 g/mol. The van der Waals surface area contributed by atoms with E-state index in [1.807, 2.05) is 12.1 Å². The summed E-state index contributed by atoms with van der Waals surface area (Å²) in [5.74, 6) is 0.625. The van der Waals surface area contributed by atoms with E-state index in [0.717, 1.165) is 12.1 Å². The molecule has 0 fully saturated rings. The minimum Gasteiger partial charge on any atom is -0.326 e. The van der Waals surface area contributed by atoms with Gasteiger partial charge in [-0.05, 0) is 30.0 Å². The van der Waals surface area contributed by atoms with Crippen LogP contribution in [0.15, 0.2) is 24.3 Å². The van der Waals surface area contributed by atoms with Crippen LogP contribution in [-0.2, 0) is 4.79 Å². The van der Waals surface area contributed by atoms with Crippen molar-refractivity contribution in [1.82, 2.24) is 0 Å². The fourth-order valence-corrected chi connectivity index (χ4v) is 1.80. The topological polar surface area (TPSA) is 29.1 Å². The fourth-order valence-electron chi connectivity index (χ4n) is 1.44. The number of alkyl halides is 1. The molecule has 1 amide bonds. The van der Waals surface area contributed by atoms with Gasteiger partial charge in [0.2, 0.25) is 5.91 Å². The van der Waals surface area contributed by atoms with Gasteiger partial charge < -0.3 is 5.32 Å². The highest BCUT2D eigenvalue weighted by atomic mass is 79.9. The predicted octanol–water partition coefficient (Wildman–Crippen LogP) is 3.92. The zero-order chi connectivity index (χ0) is 12.0. The molecule has 88 valence electrons. The quantitative estimate of drug-likeness (QED) is 0.816. The molecule has 0 radical (unpaired) electrons. The summed E-state index contributed by atoms with van der Waals surface area (Å²) >= 11 is 3.24. The maximum absolute atomic E-state index is 11.3. The molecule has 0 aliphatic heterocycles. The molecule has 1 atom stereocenters. The molecule has 1 unspecified atom stereocenters. The van der Waals surface area contributed by atoms with Crippen molar-refractivity contribution in [3.05, 3.63) is 29.8 Å². The number of amides is 1. The van der Waals surface area contributed by atoms with Crippen LogP contribution in [0.1, 0.15) is 38.2 Å². The van der Waals surface area contributed by atoms with E-state index >= 15 is 0 Å². The third-order valence-electron chi connectivity index (χ3n) is 2.70. The minimum atomic E-state index is 0.0492. The van der Waals surface area contributed by atoms with Crippen molar-refractivity contribution >= 4 is 27.5 Å². The van der Waals surface area contributed by atoms with Crippen LogP contribution < -0.4 is 5.32 Å². The van der Waals surface area contributed by atoms with Crippen molar-refractivity contribution in [1.29, 1.82) is 0 Å². The van der Waals surface area contributed by atoms with Crippen molar-refractivity contribution in [3.8, 4) is 0 Å². The van der Waals surface area contributed by atoms with E-state index in [4.69, 9.17) is 0 Å². The van der Waals surface area contributed by atoms with Gasteiger partial charge in [-0.3, -0.25) is 4.79 Å². The van der Waals surface area contributed by atoms with Crippen LogP contribution >= 0.6 is 15.9 Å². The predicted molar refractivity (Wildman–Crippen MR) is 72.2 cm³/mol. The molecule has 0 saturated carbocycles. The Balaban J connectivity index is 2.61. The van der Waals surface area contributed by atoms with E-state index in [1.54, 1.807) is 0 Å². The fraction of sp³-hybridized carbons (Fsp3) is 0.462. The second-order valence-electron chi connectivity index (χ2n) is 3.92. The Bertz CT molecular complexity index is 334. The molecule has 1 N–H and O–H groups in total. The van der Waals surface area contributed by atoms with Gasteiger partial charge in [0.05, 0.1) is 0 Å². The number of rotatable bonds is 5. The normalized spacial score (nSPS) is 12.2. The zero-order valence-corrected chi connectivity index (χ0v) is 11.4. The number of hydrogen-bond donors (Lipinski definition) is 1. The molecule has 0 aromatic heterocycles. The summed E-state index contributed by atoms with van der Waals surface area (Å²) in [5.41, 5.74) is 2.19. The summed E-state index contributed by atoms with van der Waals surface area (Å²) in [7, 11) is 0. The number of carbonyl (C=O) groups is 1. The first-order valence-corrected chi connectivity index (χ1v) is 6.75. The summed E-state index contributed by atoms with van der Waals surface area (Å²) in [6.07, 6.45) is 1.64. The van der Waals surface area contributed by atoms with Gasteiger partial charge in [-0.1, -0.05) is 41.9 Å². The second kappa shape index (κ2) is 6.69. The van der Waals surface area contributed by atoms with Crippen molar-refractivity contribution in [2.75, 3.05) is 10.6 Å². The van der Waals surface area contributed by atoms with E-state index in [9.17, 15) is 4.79 Å². The van der Waals surface area contributed by atoms with Gasteiger partial charge in [-0.25, -0.2) is 0 Å². The van der Waals surface area contributed by atoms with Gasteiger partial charge in [0.15, 0.2) is 0 Å². The van der Waals surface area contributed by atoms with Gasteiger partial charge in [0.1, 0.15) is 0 Å². The lowest BCUT2D eigenvalue weighted by molar-refractivity contribution is -0.115. The highest BCUT2D eigenvalue weighted by molar-refractivity contribution is 9.09. The van der Waals surface area contributed by atoms with E-state index < -0.39 is 0 Å². The first kappa shape index (κ1) is 13.2. The summed E-state index contributed by atoms with van der Waals surface area (Å²) in [4.78, 5) is 11.3. The average Bonchev–Trinajstić information content (AvgIpc) is 2.29.